The van der Waals surface area contributed by atoms with Gasteiger partial charge in [-0.05, 0) is 55.5 Å². The van der Waals surface area contributed by atoms with Crippen LogP contribution >= 0.6 is 11.8 Å². The van der Waals surface area contributed by atoms with Gasteiger partial charge in [-0.2, -0.15) is 0 Å². The van der Waals surface area contributed by atoms with Gasteiger partial charge in [-0.15, -0.1) is 10.2 Å². The minimum Gasteiger partial charge on any atom is -0.497 e. The zero-order valence-corrected chi connectivity index (χ0v) is 18.6. The van der Waals surface area contributed by atoms with Crippen LogP contribution in [0.5, 0.6) is 11.5 Å². The molecule has 0 atom stereocenters. The lowest BCUT2D eigenvalue weighted by Crippen LogP contribution is -2.05. The van der Waals surface area contributed by atoms with Crippen LogP contribution in [-0.4, -0.2) is 45.0 Å². The molecule has 0 saturated carbocycles. The molecule has 0 bridgehead atoms. The standard InChI is InChI=1S/C24H22N4O3S/c1-3-31-20-9-7-19(8-10-20)28-23(17-11-13-25-14-12-17)26-27-24(28)32-16-22(29)18-5-4-6-21(15-18)30-2/h4-15H,3,16H2,1-2H3. The number of ketones is 1. The summed E-state index contributed by atoms with van der Waals surface area (Å²) in [7, 11) is 1.58. The van der Waals surface area contributed by atoms with Gasteiger partial charge in [-0.3, -0.25) is 14.3 Å². The summed E-state index contributed by atoms with van der Waals surface area (Å²) in [4.78, 5) is 16.9. The molecule has 2 heterocycles. The molecular weight excluding hydrogens is 424 g/mol. The van der Waals surface area contributed by atoms with Crippen molar-refractivity contribution in [3.63, 3.8) is 0 Å². The number of carbonyl (C=O) groups excluding carboxylic acids is 1. The van der Waals surface area contributed by atoms with Crippen LogP contribution in [0, 0.1) is 0 Å². The van der Waals surface area contributed by atoms with Crippen LogP contribution in [-0.2, 0) is 0 Å². The summed E-state index contributed by atoms with van der Waals surface area (Å²) in [5.41, 5.74) is 2.35. The van der Waals surface area contributed by atoms with Gasteiger partial charge in [0, 0.05) is 29.2 Å². The third kappa shape index (κ3) is 4.81. The summed E-state index contributed by atoms with van der Waals surface area (Å²) in [5, 5.41) is 9.40. The highest BCUT2D eigenvalue weighted by Gasteiger charge is 2.18. The largest absolute Gasteiger partial charge is 0.497 e. The highest BCUT2D eigenvalue weighted by molar-refractivity contribution is 7.99. The van der Waals surface area contributed by atoms with Crippen molar-refractivity contribution >= 4 is 17.5 Å². The second-order valence-corrected chi connectivity index (χ2v) is 7.69. The molecule has 0 unspecified atom stereocenters. The fourth-order valence-electron chi connectivity index (χ4n) is 3.15. The monoisotopic (exact) mass is 446 g/mol. The lowest BCUT2D eigenvalue weighted by molar-refractivity contribution is 0.102. The first-order valence-corrected chi connectivity index (χ1v) is 11.1. The zero-order chi connectivity index (χ0) is 22.3. The molecule has 0 radical (unpaired) electrons. The van der Waals surface area contributed by atoms with Gasteiger partial charge in [0.1, 0.15) is 11.5 Å². The number of Topliss-reactive ketones (excluding diaryl/α,β-unsaturated/α-hetero) is 1. The SMILES string of the molecule is CCOc1ccc(-n2c(SCC(=O)c3cccc(OC)c3)nnc2-c2ccncc2)cc1. The van der Waals surface area contributed by atoms with Crippen LogP contribution in [0.4, 0.5) is 0 Å². The van der Waals surface area contributed by atoms with Gasteiger partial charge in [0.15, 0.2) is 16.8 Å². The molecule has 0 spiro atoms. The first kappa shape index (κ1) is 21.6. The smallest absolute Gasteiger partial charge is 0.196 e. The Bertz CT molecular complexity index is 1190. The molecule has 32 heavy (non-hydrogen) atoms. The number of hydrogen-bond acceptors (Lipinski definition) is 7. The van der Waals surface area contributed by atoms with Crippen molar-refractivity contribution in [1.29, 1.82) is 0 Å². The number of carbonyl (C=O) groups is 1. The number of hydrogen-bond donors (Lipinski definition) is 0. The average molecular weight is 447 g/mol. The fraction of sp³-hybridized carbons (Fsp3) is 0.167. The van der Waals surface area contributed by atoms with E-state index in [0.717, 1.165) is 17.0 Å². The molecule has 0 N–H and O–H groups in total. The fourth-order valence-corrected chi connectivity index (χ4v) is 4.00. The Morgan fingerprint density at radius 2 is 1.78 bits per heavy atom. The Kier molecular flexibility index (Phi) is 6.81. The molecule has 2 aromatic heterocycles. The summed E-state index contributed by atoms with van der Waals surface area (Å²) < 4.78 is 12.7. The van der Waals surface area contributed by atoms with Crippen molar-refractivity contribution in [2.45, 2.75) is 12.1 Å². The minimum atomic E-state index is -0.0133. The summed E-state index contributed by atoms with van der Waals surface area (Å²) in [6.45, 7) is 2.55. The highest BCUT2D eigenvalue weighted by Crippen LogP contribution is 2.29. The van der Waals surface area contributed by atoms with E-state index in [1.165, 1.54) is 11.8 Å². The van der Waals surface area contributed by atoms with E-state index in [0.29, 0.717) is 28.9 Å². The molecule has 4 aromatic rings. The molecule has 0 aliphatic carbocycles. The molecule has 0 saturated heterocycles. The Labute approximate surface area is 190 Å². The van der Waals surface area contributed by atoms with Crippen molar-refractivity contribution in [3.8, 4) is 28.6 Å². The zero-order valence-electron chi connectivity index (χ0n) is 17.8. The Morgan fingerprint density at radius 1 is 1.00 bits per heavy atom. The topological polar surface area (TPSA) is 79.1 Å². The van der Waals surface area contributed by atoms with Crippen LogP contribution in [0.3, 0.4) is 0 Å². The van der Waals surface area contributed by atoms with Crippen molar-refractivity contribution in [2.24, 2.45) is 0 Å². The molecule has 7 nitrogen and oxygen atoms in total. The maximum absolute atomic E-state index is 12.8. The number of rotatable bonds is 9. The van der Waals surface area contributed by atoms with Gasteiger partial charge in [-0.1, -0.05) is 23.9 Å². The van der Waals surface area contributed by atoms with Crippen molar-refractivity contribution in [1.82, 2.24) is 19.7 Å². The summed E-state index contributed by atoms with van der Waals surface area (Å²) >= 11 is 1.34. The van der Waals surface area contributed by atoms with Crippen LogP contribution in [0.2, 0.25) is 0 Å². The summed E-state index contributed by atoms with van der Waals surface area (Å²) in [6.07, 6.45) is 3.43. The third-order valence-corrected chi connectivity index (χ3v) is 5.63. The number of benzene rings is 2. The van der Waals surface area contributed by atoms with E-state index in [4.69, 9.17) is 9.47 Å². The van der Waals surface area contributed by atoms with E-state index in [2.05, 4.69) is 15.2 Å². The minimum absolute atomic E-state index is 0.0133. The first-order valence-electron chi connectivity index (χ1n) is 10.1. The molecule has 0 amide bonds. The van der Waals surface area contributed by atoms with Gasteiger partial charge in [0.25, 0.3) is 0 Å². The number of thioether (sulfide) groups is 1. The predicted octanol–water partition coefficient (Wildman–Crippen LogP) is 4.71. The maximum Gasteiger partial charge on any atom is 0.196 e. The quantitative estimate of drug-likeness (QED) is 0.272. The average Bonchev–Trinajstić information content (AvgIpc) is 3.28. The number of methoxy groups -OCH3 is 1. The van der Waals surface area contributed by atoms with Crippen LogP contribution in [0.25, 0.3) is 17.1 Å². The third-order valence-electron chi connectivity index (χ3n) is 4.70. The van der Waals surface area contributed by atoms with Crippen molar-refractivity contribution < 1.29 is 14.3 Å². The maximum atomic E-state index is 12.8. The molecule has 162 valence electrons. The molecule has 8 heteroatoms. The van der Waals surface area contributed by atoms with E-state index < -0.39 is 0 Å². The van der Waals surface area contributed by atoms with E-state index in [1.54, 1.807) is 37.7 Å². The van der Waals surface area contributed by atoms with Crippen molar-refractivity contribution in [3.05, 3.63) is 78.6 Å². The number of nitrogens with zero attached hydrogens (tertiary/aromatic N) is 4. The molecular formula is C24H22N4O3S. The van der Waals surface area contributed by atoms with Gasteiger partial charge in [0.05, 0.1) is 19.5 Å². The number of ether oxygens (including phenoxy) is 2. The Morgan fingerprint density at radius 3 is 2.50 bits per heavy atom. The normalized spacial score (nSPS) is 10.7. The van der Waals surface area contributed by atoms with Crippen LogP contribution in [0.1, 0.15) is 17.3 Å². The van der Waals surface area contributed by atoms with E-state index in [9.17, 15) is 4.79 Å². The molecule has 0 aliphatic rings. The second kappa shape index (κ2) is 10.1. The Hall–Kier alpha value is -3.65. The van der Waals surface area contributed by atoms with Gasteiger partial charge >= 0.3 is 0 Å². The summed E-state index contributed by atoms with van der Waals surface area (Å²) in [6, 6.07) is 18.6. The van der Waals surface area contributed by atoms with Crippen molar-refractivity contribution in [2.75, 3.05) is 19.5 Å². The van der Waals surface area contributed by atoms with Crippen LogP contribution < -0.4 is 9.47 Å². The molecule has 0 fully saturated rings. The van der Waals surface area contributed by atoms with E-state index in [1.807, 2.05) is 54.0 Å². The van der Waals surface area contributed by atoms with Gasteiger partial charge in [0.2, 0.25) is 0 Å². The first-order chi connectivity index (χ1) is 15.7. The van der Waals surface area contributed by atoms with Gasteiger partial charge in [-0.25, -0.2) is 0 Å². The van der Waals surface area contributed by atoms with Gasteiger partial charge < -0.3 is 9.47 Å². The van der Waals surface area contributed by atoms with E-state index >= 15 is 0 Å². The molecule has 0 aliphatic heterocycles. The van der Waals surface area contributed by atoms with E-state index in [-0.39, 0.29) is 11.5 Å². The number of pyridine rings is 1. The summed E-state index contributed by atoms with van der Waals surface area (Å²) in [5.74, 6) is 2.32. The highest BCUT2D eigenvalue weighted by atomic mass is 32.2. The van der Waals surface area contributed by atoms with Crippen LogP contribution in [0.15, 0.2) is 78.2 Å². The second-order valence-electron chi connectivity index (χ2n) is 6.75. The molecule has 2 aromatic carbocycles. The molecule has 4 rings (SSSR count). The number of aromatic nitrogens is 4. The lowest BCUT2D eigenvalue weighted by Gasteiger charge is -2.11. The predicted molar refractivity (Wildman–Crippen MR) is 124 cm³/mol. The lowest BCUT2D eigenvalue weighted by atomic mass is 10.1. The Balaban J connectivity index is 1.64.